The number of hydrogen-bond donors (Lipinski definition) is 0. The van der Waals surface area contributed by atoms with Crippen LogP contribution < -0.4 is 4.90 Å². The summed E-state index contributed by atoms with van der Waals surface area (Å²) in [6.45, 7) is 1.01. The van der Waals surface area contributed by atoms with E-state index in [2.05, 4.69) is 15.9 Å². The molecule has 1 saturated heterocycles. The Bertz CT molecular complexity index is 799. The minimum Gasteiger partial charge on any atom is -0.370 e. The van der Waals surface area contributed by atoms with Gasteiger partial charge in [0.2, 0.25) is 0 Å². The summed E-state index contributed by atoms with van der Waals surface area (Å²) in [5.41, 5.74) is 0.198. The fourth-order valence-corrected chi connectivity index (χ4v) is 3.12. The van der Waals surface area contributed by atoms with Gasteiger partial charge in [0.25, 0.3) is 0 Å². The van der Waals surface area contributed by atoms with Crippen LogP contribution >= 0.6 is 15.9 Å². The van der Waals surface area contributed by atoms with Crippen LogP contribution in [0.2, 0.25) is 0 Å². The quantitative estimate of drug-likeness (QED) is 0.704. The molecule has 0 aliphatic carbocycles. The summed E-state index contributed by atoms with van der Waals surface area (Å²) < 4.78 is 46.9. The first-order valence-corrected chi connectivity index (χ1v) is 8.41. The SMILES string of the molecule is N#Cc1ccc(N2CCOC(c3ccc(Br)cc3)C2)c(C(F)(F)F)c1. The molecule has 3 nitrogen and oxygen atoms in total. The smallest absolute Gasteiger partial charge is 0.370 e. The second kappa shape index (κ2) is 7.06. The summed E-state index contributed by atoms with van der Waals surface area (Å²) in [6.07, 6.45) is -4.83. The summed E-state index contributed by atoms with van der Waals surface area (Å²) >= 11 is 3.36. The highest BCUT2D eigenvalue weighted by molar-refractivity contribution is 9.10. The Morgan fingerprint density at radius 2 is 1.88 bits per heavy atom. The molecule has 0 aromatic heterocycles. The Balaban J connectivity index is 1.91. The third-order valence-corrected chi connectivity index (χ3v) is 4.61. The highest BCUT2D eigenvalue weighted by Gasteiger charge is 2.36. The molecule has 3 rings (SSSR count). The van der Waals surface area contributed by atoms with Crippen molar-refractivity contribution < 1.29 is 17.9 Å². The van der Waals surface area contributed by atoms with E-state index in [0.717, 1.165) is 16.1 Å². The van der Waals surface area contributed by atoms with E-state index in [4.69, 9.17) is 10.00 Å². The molecule has 130 valence electrons. The number of hydrogen-bond acceptors (Lipinski definition) is 3. The molecular formula is C18H14BrF3N2O. The Kier molecular flexibility index (Phi) is 5.02. The molecule has 1 atom stereocenters. The predicted octanol–water partition coefficient (Wildman–Crippen LogP) is 4.92. The molecule has 7 heteroatoms. The van der Waals surface area contributed by atoms with Crippen molar-refractivity contribution >= 4 is 21.6 Å². The molecule has 2 aromatic rings. The van der Waals surface area contributed by atoms with E-state index in [-0.39, 0.29) is 17.4 Å². The van der Waals surface area contributed by atoms with Crippen LogP contribution in [0.15, 0.2) is 46.9 Å². The van der Waals surface area contributed by atoms with E-state index in [1.807, 2.05) is 24.3 Å². The van der Waals surface area contributed by atoms with Crippen molar-refractivity contribution in [2.24, 2.45) is 0 Å². The molecule has 0 amide bonds. The number of nitriles is 1. The van der Waals surface area contributed by atoms with Crippen LogP contribution in [0.4, 0.5) is 18.9 Å². The van der Waals surface area contributed by atoms with Gasteiger partial charge in [-0.1, -0.05) is 28.1 Å². The van der Waals surface area contributed by atoms with Crippen LogP contribution in [0.25, 0.3) is 0 Å². The van der Waals surface area contributed by atoms with Crippen molar-refractivity contribution in [2.45, 2.75) is 12.3 Å². The van der Waals surface area contributed by atoms with Gasteiger partial charge in [-0.3, -0.25) is 0 Å². The lowest BCUT2D eigenvalue weighted by Gasteiger charge is -2.36. The minimum absolute atomic E-state index is 0.00575. The highest BCUT2D eigenvalue weighted by Crippen LogP contribution is 2.38. The van der Waals surface area contributed by atoms with E-state index in [9.17, 15) is 13.2 Å². The van der Waals surface area contributed by atoms with Gasteiger partial charge in [0.15, 0.2) is 0 Å². The summed E-state index contributed by atoms with van der Waals surface area (Å²) in [6, 6.07) is 13.0. The molecule has 1 aliphatic heterocycles. The van der Waals surface area contributed by atoms with Crippen molar-refractivity contribution in [1.82, 2.24) is 0 Å². The number of halogens is 4. The van der Waals surface area contributed by atoms with Crippen LogP contribution in [0.5, 0.6) is 0 Å². The van der Waals surface area contributed by atoms with Gasteiger partial charge in [-0.25, -0.2) is 0 Å². The van der Waals surface area contributed by atoms with E-state index >= 15 is 0 Å². The van der Waals surface area contributed by atoms with Gasteiger partial charge in [0.1, 0.15) is 6.10 Å². The van der Waals surface area contributed by atoms with Gasteiger partial charge in [0, 0.05) is 23.2 Å². The van der Waals surface area contributed by atoms with Crippen LogP contribution in [0.3, 0.4) is 0 Å². The largest absolute Gasteiger partial charge is 0.418 e. The molecule has 0 bridgehead atoms. The monoisotopic (exact) mass is 410 g/mol. The molecule has 0 radical (unpaired) electrons. The van der Waals surface area contributed by atoms with Crippen molar-refractivity contribution in [2.75, 3.05) is 24.6 Å². The maximum absolute atomic E-state index is 13.4. The molecule has 2 aromatic carbocycles. The third-order valence-electron chi connectivity index (χ3n) is 4.08. The lowest BCUT2D eigenvalue weighted by atomic mass is 10.0. The molecular weight excluding hydrogens is 397 g/mol. The van der Waals surface area contributed by atoms with Crippen molar-refractivity contribution in [3.8, 4) is 6.07 Å². The Morgan fingerprint density at radius 1 is 1.16 bits per heavy atom. The average Bonchev–Trinajstić information content (AvgIpc) is 2.61. The van der Waals surface area contributed by atoms with Crippen LogP contribution in [-0.2, 0) is 10.9 Å². The number of morpholine rings is 1. The normalized spacial score (nSPS) is 18.0. The van der Waals surface area contributed by atoms with Crippen LogP contribution in [-0.4, -0.2) is 19.7 Å². The zero-order chi connectivity index (χ0) is 18.0. The first kappa shape index (κ1) is 17.8. The molecule has 0 saturated carbocycles. The summed E-state index contributed by atoms with van der Waals surface area (Å²) in [4.78, 5) is 1.67. The van der Waals surface area contributed by atoms with Gasteiger partial charge in [-0.05, 0) is 35.9 Å². The molecule has 1 unspecified atom stereocenters. The summed E-state index contributed by atoms with van der Waals surface area (Å²) in [5.74, 6) is 0. The van der Waals surface area contributed by atoms with E-state index in [0.29, 0.717) is 19.7 Å². The first-order chi connectivity index (χ1) is 11.9. The van der Waals surface area contributed by atoms with E-state index < -0.39 is 11.7 Å². The van der Waals surface area contributed by atoms with Crippen molar-refractivity contribution in [1.29, 1.82) is 5.26 Å². The fraction of sp³-hybridized carbons (Fsp3) is 0.278. The van der Waals surface area contributed by atoms with E-state index in [1.165, 1.54) is 12.1 Å². The van der Waals surface area contributed by atoms with Gasteiger partial charge >= 0.3 is 6.18 Å². The van der Waals surface area contributed by atoms with Crippen LogP contribution in [0, 0.1) is 11.3 Å². The Hall–Kier alpha value is -2.04. The first-order valence-electron chi connectivity index (χ1n) is 7.62. The zero-order valence-corrected chi connectivity index (χ0v) is 14.6. The maximum atomic E-state index is 13.4. The zero-order valence-electron chi connectivity index (χ0n) is 13.1. The molecule has 1 aliphatic rings. The second-order valence-electron chi connectivity index (χ2n) is 5.70. The highest BCUT2D eigenvalue weighted by atomic mass is 79.9. The minimum atomic E-state index is -4.52. The summed E-state index contributed by atoms with van der Waals surface area (Å²) in [5, 5.41) is 8.89. The predicted molar refractivity (Wildman–Crippen MR) is 91.2 cm³/mol. The number of benzene rings is 2. The average molecular weight is 411 g/mol. The second-order valence-corrected chi connectivity index (χ2v) is 6.61. The number of anilines is 1. The number of alkyl halides is 3. The van der Waals surface area contributed by atoms with Gasteiger partial charge in [-0.15, -0.1) is 0 Å². The lowest BCUT2D eigenvalue weighted by molar-refractivity contribution is -0.137. The number of rotatable bonds is 2. The molecule has 1 heterocycles. The Labute approximate surface area is 151 Å². The van der Waals surface area contributed by atoms with Gasteiger partial charge < -0.3 is 9.64 Å². The van der Waals surface area contributed by atoms with Crippen LogP contribution in [0.1, 0.15) is 22.8 Å². The van der Waals surface area contributed by atoms with Gasteiger partial charge in [-0.2, -0.15) is 18.4 Å². The topological polar surface area (TPSA) is 36.3 Å². The molecule has 0 spiro atoms. The third kappa shape index (κ3) is 3.97. The summed E-state index contributed by atoms with van der Waals surface area (Å²) in [7, 11) is 0. The molecule has 0 N–H and O–H groups in total. The molecule has 25 heavy (non-hydrogen) atoms. The lowest BCUT2D eigenvalue weighted by Crippen LogP contribution is -2.39. The van der Waals surface area contributed by atoms with E-state index in [1.54, 1.807) is 11.0 Å². The molecule has 1 fully saturated rings. The number of ether oxygens (including phenoxy) is 1. The number of nitrogens with zero attached hydrogens (tertiary/aromatic N) is 2. The van der Waals surface area contributed by atoms with Crippen molar-refractivity contribution in [3.63, 3.8) is 0 Å². The van der Waals surface area contributed by atoms with Crippen molar-refractivity contribution in [3.05, 3.63) is 63.6 Å². The maximum Gasteiger partial charge on any atom is 0.418 e. The Morgan fingerprint density at radius 3 is 2.52 bits per heavy atom. The standard InChI is InChI=1S/C18H14BrF3N2O/c19-14-4-2-13(3-5-14)17-11-24(7-8-25-17)16-6-1-12(10-23)9-15(16)18(20,21)22/h1-6,9,17H,7-8,11H2. The fourth-order valence-electron chi connectivity index (χ4n) is 2.86. The van der Waals surface area contributed by atoms with Gasteiger partial charge in [0.05, 0.1) is 23.8 Å².